The molecule has 0 heterocycles. The zero-order valence-electron chi connectivity index (χ0n) is 30.4. The first kappa shape index (κ1) is 40.3. The van der Waals surface area contributed by atoms with Crippen LogP contribution in [0.5, 0.6) is 11.5 Å². The molecular formula is C34H58CaO5P+. The predicted octanol–water partition coefficient (Wildman–Crippen LogP) is 10.3. The van der Waals surface area contributed by atoms with E-state index < -0.39 is 8.25 Å². The molecule has 0 radical (unpaired) electrons. The first-order valence-corrected chi connectivity index (χ1v) is 15.6. The van der Waals surface area contributed by atoms with Crippen LogP contribution >= 0.6 is 8.25 Å². The summed E-state index contributed by atoms with van der Waals surface area (Å²) in [4.78, 5) is 0. The van der Waals surface area contributed by atoms with Crippen LogP contribution in [0, 0.1) is 0 Å². The molecule has 0 unspecified atom stereocenters. The molecule has 0 fully saturated rings. The molecule has 41 heavy (non-hydrogen) atoms. The van der Waals surface area contributed by atoms with Crippen LogP contribution in [0.2, 0.25) is 0 Å². The largest absolute Gasteiger partial charge is 2.00 e. The van der Waals surface area contributed by atoms with E-state index in [1.165, 1.54) is 12.8 Å². The minimum absolute atomic E-state index is 0. The van der Waals surface area contributed by atoms with Gasteiger partial charge in [0.15, 0.2) is 0 Å². The number of phenolic OH excluding ortho intramolecular Hbond substituents is 2. The van der Waals surface area contributed by atoms with E-state index in [1.54, 1.807) is 0 Å². The maximum atomic E-state index is 12.7. The van der Waals surface area contributed by atoms with E-state index >= 15 is 0 Å². The molecule has 0 spiro atoms. The van der Waals surface area contributed by atoms with Crippen molar-refractivity contribution in [2.75, 3.05) is 0 Å². The van der Waals surface area contributed by atoms with Gasteiger partial charge in [0.1, 0.15) is 24.7 Å². The second-order valence-electron chi connectivity index (χ2n) is 14.8. The molecule has 0 aliphatic heterocycles. The van der Waals surface area contributed by atoms with Crippen molar-refractivity contribution in [3.8, 4) is 11.5 Å². The van der Waals surface area contributed by atoms with Crippen molar-refractivity contribution in [1.82, 2.24) is 0 Å². The molecule has 230 valence electrons. The number of unbranched alkanes of at least 4 members (excludes halogenated alkanes) is 1. The molecule has 2 N–H and O–H groups in total. The Bertz CT molecular complexity index is 998. The number of benzene rings is 2. The number of hydrogen-bond donors (Lipinski definition) is 2. The van der Waals surface area contributed by atoms with Crippen molar-refractivity contribution >= 4 is 46.0 Å². The van der Waals surface area contributed by atoms with Crippen LogP contribution in [0.25, 0.3) is 0 Å². The van der Waals surface area contributed by atoms with E-state index in [0.29, 0.717) is 11.5 Å². The Kier molecular flexibility index (Phi) is 15.6. The molecule has 0 aliphatic rings. The van der Waals surface area contributed by atoms with Crippen LogP contribution in [0.15, 0.2) is 24.3 Å². The van der Waals surface area contributed by atoms with Crippen LogP contribution in [0.1, 0.15) is 146 Å². The Morgan fingerprint density at radius 1 is 0.585 bits per heavy atom. The van der Waals surface area contributed by atoms with Gasteiger partial charge in [-0.15, -0.1) is 9.05 Å². The summed E-state index contributed by atoms with van der Waals surface area (Å²) >= 11 is 0. The smallest absolute Gasteiger partial charge is 1.00 e. The summed E-state index contributed by atoms with van der Waals surface area (Å²) in [6.45, 7) is 29.2. The second-order valence-corrected chi connectivity index (χ2v) is 15.8. The summed E-state index contributed by atoms with van der Waals surface area (Å²) in [5, 5.41) is 21.8. The zero-order chi connectivity index (χ0) is 31.3. The number of aromatic hydroxyl groups is 2. The number of phenols is 2. The monoisotopic (exact) mass is 617 g/mol. The third-order valence-electron chi connectivity index (χ3n) is 6.74. The van der Waals surface area contributed by atoms with E-state index in [4.69, 9.17) is 9.05 Å². The summed E-state index contributed by atoms with van der Waals surface area (Å²) < 4.78 is 23.9. The number of hydrogen-bond acceptors (Lipinski definition) is 5. The van der Waals surface area contributed by atoms with Gasteiger partial charge in [0.05, 0.1) is 0 Å². The van der Waals surface area contributed by atoms with Crippen LogP contribution in [0.3, 0.4) is 0 Å². The van der Waals surface area contributed by atoms with Gasteiger partial charge in [-0.2, -0.15) is 0 Å². The Hall–Kier alpha value is -0.680. The van der Waals surface area contributed by atoms with Gasteiger partial charge in [-0.05, 0) is 79.3 Å². The predicted molar refractivity (Wildman–Crippen MR) is 177 cm³/mol. The van der Waals surface area contributed by atoms with Gasteiger partial charge in [0.2, 0.25) is 0 Å². The van der Waals surface area contributed by atoms with Crippen LogP contribution in [-0.2, 0) is 48.5 Å². The maximum Gasteiger partial charge on any atom is 2.00 e. The van der Waals surface area contributed by atoms with Gasteiger partial charge in [-0.25, -0.2) is 0 Å². The van der Waals surface area contributed by atoms with Gasteiger partial charge in [-0.1, -0.05) is 110 Å². The first-order valence-electron chi connectivity index (χ1n) is 14.5. The minimum atomic E-state index is -2.37. The Morgan fingerprint density at radius 2 is 0.805 bits per heavy atom. The summed E-state index contributed by atoms with van der Waals surface area (Å²) in [6.07, 6.45) is 2.64. The van der Waals surface area contributed by atoms with Crippen molar-refractivity contribution in [3.63, 3.8) is 0 Å². The van der Waals surface area contributed by atoms with Crippen LogP contribution < -0.4 is 0 Å². The fourth-order valence-corrected chi connectivity index (χ4v) is 4.72. The van der Waals surface area contributed by atoms with E-state index in [-0.39, 0.29) is 75.5 Å². The van der Waals surface area contributed by atoms with Gasteiger partial charge in [0, 0.05) is 4.57 Å². The van der Waals surface area contributed by atoms with E-state index in [0.717, 1.165) is 33.4 Å². The minimum Gasteiger partial charge on any atom is -1.00 e. The molecule has 0 bridgehead atoms. The normalized spacial score (nSPS) is 12.3. The van der Waals surface area contributed by atoms with Gasteiger partial charge < -0.3 is 13.1 Å². The van der Waals surface area contributed by atoms with Crippen molar-refractivity contribution in [2.45, 2.75) is 145 Å². The quantitative estimate of drug-likeness (QED) is 0.239. The van der Waals surface area contributed by atoms with Crippen LogP contribution in [0.4, 0.5) is 0 Å². The van der Waals surface area contributed by atoms with E-state index in [2.05, 4.69) is 96.9 Å². The third kappa shape index (κ3) is 12.5. The molecule has 0 saturated heterocycles. The molecule has 2 aromatic carbocycles. The Balaban J connectivity index is -0.00000215. The molecule has 7 heteroatoms. The van der Waals surface area contributed by atoms with Crippen molar-refractivity contribution in [2.24, 2.45) is 0 Å². The molecule has 0 saturated carbocycles. The molecule has 2 rings (SSSR count). The van der Waals surface area contributed by atoms with E-state index in [9.17, 15) is 14.8 Å². The summed E-state index contributed by atoms with van der Waals surface area (Å²) in [5.41, 5.74) is 3.97. The Labute approximate surface area is 284 Å². The molecular weight excluding hydrogens is 559 g/mol. The average molecular weight is 618 g/mol. The third-order valence-corrected chi connectivity index (χ3v) is 7.42. The molecule has 0 aromatic heterocycles. The van der Waals surface area contributed by atoms with E-state index in [1.807, 2.05) is 24.3 Å². The van der Waals surface area contributed by atoms with Crippen molar-refractivity contribution < 1.29 is 26.7 Å². The molecule has 0 amide bonds. The number of rotatable bonds is 7. The molecule has 2 aromatic rings. The first-order chi connectivity index (χ1) is 18.0. The maximum absolute atomic E-state index is 12.7. The topological polar surface area (TPSA) is 76.0 Å². The van der Waals surface area contributed by atoms with Gasteiger partial charge in [-0.3, -0.25) is 0 Å². The molecule has 0 aliphatic carbocycles. The summed E-state index contributed by atoms with van der Waals surface area (Å²) in [7, 11) is -2.37. The summed E-state index contributed by atoms with van der Waals surface area (Å²) in [6, 6.07) is 7.66. The summed E-state index contributed by atoms with van der Waals surface area (Å²) in [5.74, 6) is 0.604. The fraction of sp³-hybridized carbons (Fsp3) is 0.647. The van der Waals surface area contributed by atoms with Gasteiger partial charge >= 0.3 is 46.0 Å². The fourth-order valence-electron chi connectivity index (χ4n) is 4.13. The zero-order valence-corrected chi connectivity index (χ0v) is 31.5. The second kappa shape index (κ2) is 15.9. The Morgan fingerprint density at radius 3 is 0.976 bits per heavy atom. The van der Waals surface area contributed by atoms with Crippen molar-refractivity contribution in [3.05, 3.63) is 57.6 Å². The average Bonchev–Trinajstić information content (AvgIpc) is 2.79. The SMILES string of the molecule is CC(C)(C)c1cc(CO[P+](=O)OCc2cc(C(C)(C)C)c(O)c(C(C)(C)C)c2)cc(C(C)(C)C)c1O.CCCC.[Ca+2].[H-].[H-]. The van der Waals surface area contributed by atoms with Crippen molar-refractivity contribution in [1.29, 1.82) is 0 Å². The molecule has 5 nitrogen and oxygen atoms in total. The van der Waals surface area contributed by atoms with Crippen LogP contribution in [-0.4, -0.2) is 48.0 Å². The molecule has 0 atom stereocenters. The standard InChI is InChI=1S/C30H45O5P.C4H10.Ca.2H/c1-27(2,3)21-13-19(14-22(25(21)31)28(4,5)6)17-34-36(33)35-18-20-15-23(29(7,8)9)26(32)24(16-20)30(10,11)12;1-3-4-2;;;/h13-16H,17-18H2,1-12H3,(H-,31,32);3-4H2,1-2H3;;;/q;;+2;2*-1/p+1. The van der Waals surface area contributed by atoms with Gasteiger partial charge in [0.25, 0.3) is 0 Å².